The van der Waals surface area contributed by atoms with Gasteiger partial charge in [-0.3, -0.25) is 9.78 Å². The second kappa shape index (κ2) is 11.1. The Morgan fingerprint density at radius 1 is 1.00 bits per heavy atom. The van der Waals surface area contributed by atoms with E-state index in [4.69, 9.17) is 14.2 Å². The molecule has 0 aliphatic rings. The Morgan fingerprint density at radius 3 is 2.61 bits per heavy atom. The van der Waals surface area contributed by atoms with Crippen LogP contribution in [-0.2, 0) is 19.8 Å². The molecule has 4 aromatic rings. The molecule has 0 saturated carbocycles. The molecule has 0 bridgehead atoms. The number of nitrogens with zero attached hydrogens (tertiary/aromatic N) is 2. The smallest absolute Gasteiger partial charge is 0.251 e. The number of pyridine rings is 1. The van der Waals surface area contributed by atoms with E-state index in [2.05, 4.69) is 15.3 Å². The zero-order valence-electron chi connectivity index (χ0n) is 18.1. The minimum Gasteiger partial charge on any atom is -0.493 e. The largest absolute Gasteiger partial charge is 0.493 e. The lowest BCUT2D eigenvalue weighted by molar-refractivity contribution is 0.0950. The summed E-state index contributed by atoms with van der Waals surface area (Å²) in [6.07, 6.45) is 3.51. The van der Waals surface area contributed by atoms with Crippen molar-refractivity contribution >= 4 is 17.2 Å². The third kappa shape index (κ3) is 6.30. The Bertz CT molecular complexity index is 1170. The number of rotatable bonds is 10. The van der Waals surface area contributed by atoms with E-state index in [1.165, 1.54) is 11.3 Å². The molecule has 0 unspecified atom stereocenters. The fourth-order valence-electron chi connectivity index (χ4n) is 3.03. The van der Waals surface area contributed by atoms with Crippen LogP contribution in [0.15, 0.2) is 77.9 Å². The van der Waals surface area contributed by atoms with Crippen molar-refractivity contribution in [3.05, 3.63) is 100 Å². The lowest BCUT2D eigenvalue weighted by Crippen LogP contribution is -2.22. The van der Waals surface area contributed by atoms with Crippen molar-refractivity contribution < 1.29 is 19.0 Å². The second-order valence-corrected chi connectivity index (χ2v) is 7.83. The zero-order valence-corrected chi connectivity index (χ0v) is 18.9. The van der Waals surface area contributed by atoms with Gasteiger partial charge in [0.25, 0.3) is 5.91 Å². The number of methoxy groups -OCH3 is 1. The van der Waals surface area contributed by atoms with E-state index in [1.807, 2.05) is 41.8 Å². The van der Waals surface area contributed by atoms with E-state index in [1.54, 1.807) is 43.2 Å². The van der Waals surface area contributed by atoms with Gasteiger partial charge in [0.05, 0.1) is 18.3 Å². The third-order valence-corrected chi connectivity index (χ3v) is 5.42. The quantitative estimate of drug-likeness (QED) is 0.371. The molecule has 0 spiro atoms. The molecule has 2 heterocycles. The Balaban J connectivity index is 1.29. The monoisotopic (exact) mass is 461 g/mol. The summed E-state index contributed by atoms with van der Waals surface area (Å²) >= 11 is 1.51. The van der Waals surface area contributed by atoms with E-state index >= 15 is 0 Å². The van der Waals surface area contributed by atoms with Gasteiger partial charge in [0, 0.05) is 35.4 Å². The number of thiazole rings is 1. The fourth-order valence-corrected chi connectivity index (χ4v) is 3.57. The minimum absolute atomic E-state index is 0.198. The van der Waals surface area contributed by atoms with Gasteiger partial charge in [0.15, 0.2) is 11.5 Å². The van der Waals surface area contributed by atoms with Crippen LogP contribution < -0.4 is 19.5 Å². The molecule has 1 N–H and O–H groups in total. The van der Waals surface area contributed by atoms with Gasteiger partial charge >= 0.3 is 0 Å². The number of aromatic nitrogens is 2. The molecule has 0 radical (unpaired) electrons. The highest BCUT2D eigenvalue weighted by atomic mass is 32.1. The lowest BCUT2D eigenvalue weighted by atomic mass is 10.1. The molecule has 0 aliphatic carbocycles. The van der Waals surface area contributed by atoms with Crippen molar-refractivity contribution in [2.45, 2.75) is 19.8 Å². The molecule has 4 rings (SSSR count). The van der Waals surface area contributed by atoms with E-state index in [0.29, 0.717) is 36.8 Å². The first kappa shape index (κ1) is 22.3. The van der Waals surface area contributed by atoms with E-state index in [-0.39, 0.29) is 5.91 Å². The predicted octanol–water partition coefficient (Wildman–Crippen LogP) is 4.63. The summed E-state index contributed by atoms with van der Waals surface area (Å²) in [5.41, 5.74) is 5.06. The number of hydrogen-bond donors (Lipinski definition) is 1. The SMILES string of the molecule is COc1cc(C(=O)NCc2ccc(OCc3cccnc3)cc2)ccc1OCc1cscn1. The van der Waals surface area contributed by atoms with Gasteiger partial charge in [-0.2, -0.15) is 0 Å². The Hall–Kier alpha value is -3.91. The van der Waals surface area contributed by atoms with E-state index in [9.17, 15) is 4.79 Å². The first-order valence-corrected chi connectivity index (χ1v) is 11.2. The molecule has 0 fully saturated rings. The maximum absolute atomic E-state index is 12.6. The molecule has 2 aromatic heterocycles. The fraction of sp³-hybridized carbons (Fsp3) is 0.160. The van der Waals surface area contributed by atoms with Crippen LogP contribution in [-0.4, -0.2) is 23.0 Å². The highest BCUT2D eigenvalue weighted by Gasteiger charge is 2.12. The number of carbonyl (C=O) groups is 1. The molecular weight excluding hydrogens is 438 g/mol. The normalized spacial score (nSPS) is 10.5. The average molecular weight is 462 g/mol. The van der Waals surface area contributed by atoms with Crippen molar-refractivity contribution in [1.29, 1.82) is 0 Å². The van der Waals surface area contributed by atoms with Gasteiger partial charge in [-0.25, -0.2) is 4.98 Å². The highest BCUT2D eigenvalue weighted by molar-refractivity contribution is 7.07. The number of amides is 1. The molecule has 0 atom stereocenters. The van der Waals surface area contributed by atoms with Crippen molar-refractivity contribution in [2.24, 2.45) is 0 Å². The Kier molecular flexibility index (Phi) is 7.50. The number of hydrogen-bond acceptors (Lipinski definition) is 7. The molecule has 33 heavy (non-hydrogen) atoms. The minimum atomic E-state index is -0.198. The van der Waals surface area contributed by atoms with E-state index in [0.717, 1.165) is 22.6 Å². The zero-order chi connectivity index (χ0) is 22.9. The summed E-state index contributed by atoms with van der Waals surface area (Å²) in [6.45, 7) is 1.19. The molecule has 0 saturated heterocycles. The van der Waals surface area contributed by atoms with Gasteiger partial charge in [0.1, 0.15) is 19.0 Å². The number of nitrogens with one attached hydrogen (secondary N) is 1. The van der Waals surface area contributed by atoms with Crippen molar-refractivity contribution in [1.82, 2.24) is 15.3 Å². The molecule has 7 nitrogen and oxygen atoms in total. The van der Waals surface area contributed by atoms with Crippen LogP contribution in [0.1, 0.15) is 27.2 Å². The maximum atomic E-state index is 12.6. The average Bonchev–Trinajstić information content (AvgIpc) is 3.39. The summed E-state index contributed by atoms with van der Waals surface area (Å²) in [7, 11) is 1.55. The van der Waals surface area contributed by atoms with Crippen LogP contribution in [0, 0.1) is 0 Å². The van der Waals surface area contributed by atoms with Crippen molar-refractivity contribution in [3.63, 3.8) is 0 Å². The Labute approximate surface area is 196 Å². The van der Waals surface area contributed by atoms with Gasteiger partial charge in [-0.15, -0.1) is 11.3 Å². The van der Waals surface area contributed by atoms with Crippen LogP contribution in [0.4, 0.5) is 0 Å². The number of ether oxygens (including phenoxy) is 3. The topological polar surface area (TPSA) is 82.6 Å². The van der Waals surface area contributed by atoms with Crippen LogP contribution in [0.3, 0.4) is 0 Å². The third-order valence-electron chi connectivity index (χ3n) is 4.79. The first-order valence-electron chi connectivity index (χ1n) is 10.3. The van der Waals surface area contributed by atoms with Crippen molar-refractivity contribution in [2.75, 3.05) is 7.11 Å². The molecule has 168 valence electrons. The highest BCUT2D eigenvalue weighted by Crippen LogP contribution is 2.29. The lowest BCUT2D eigenvalue weighted by Gasteiger charge is -2.12. The number of benzene rings is 2. The van der Waals surface area contributed by atoms with Crippen LogP contribution >= 0.6 is 11.3 Å². The summed E-state index contributed by atoms with van der Waals surface area (Å²) in [4.78, 5) is 20.9. The maximum Gasteiger partial charge on any atom is 0.251 e. The number of carbonyl (C=O) groups excluding carboxylic acids is 1. The molecular formula is C25H23N3O4S. The Morgan fingerprint density at radius 2 is 1.88 bits per heavy atom. The first-order chi connectivity index (χ1) is 16.2. The summed E-state index contributed by atoms with van der Waals surface area (Å²) in [5, 5.41) is 4.85. The van der Waals surface area contributed by atoms with Gasteiger partial charge in [-0.05, 0) is 42.0 Å². The van der Waals surface area contributed by atoms with Crippen LogP contribution in [0.2, 0.25) is 0 Å². The standard InChI is InChI=1S/C25H23N3O4S/c1-30-24-11-20(6-9-23(24)32-15-21-16-33-17-28-21)25(29)27-13-18-4-7-22(8-5-18)31-14-19-3-2-10-26-12-19/h2-12,16-17H,13-15H2,1H3,(H,27,29). The van der Waals surface area contributed by atoms with Crippen LogP contribution in [0.5, 0.6) is 17.2 Å². The summed E-state index contributed by atoms with van der Waals surface area (Å²) < 4.78 is 16.9. The molecule has 0 aliphatic heterocycles. The summed E-state index contributed by atoms with van der Waals surface area (Å²) in [6, 6.07) is 16.6. The van der Waals surface area contributed by atoms with Gasteiger partial charge in [0.2, 0.25) is 0 Å². The van der Waals surface area contributed by atoms with Gasteiger partial charge < -0.3 is 19.5 Å². The second-order valence-electron chi connectivity index (χ2n) is 7.11. The predicted molar refractivity (Wildman–Crippen MR) is 126 cm³/mol. The van der Waals surface area contributed by atoms with Crippen molar-refractivity contribution in [3.8, 4) is 17.2 Å². The van der Waals surface area contributed by atoms with Crippen LogP contribution in [0.25, 0.3) is 0 Å². The summed E-state index contributed by atoms with van der Waals surface area (Å²) in [5.74, 6) is 1.61. The molecule has 2 aromatic carbocycles. The molecule has 1 amide bonds. The molecule has 8 heteroatoms. The van der Waals surface area contributed by atoms with Gasteiger partial charge in [-0.1, -0.05) is 18.2 Å². The van der Waals surface area contributed by atoms with E-state index < -0.39 is 0 Å².